The highest BCUT2D eigenvalue weighted by molar-refractivity contribution is 6.17. The third kappa shape index (κ3) is 5.91. The highest BCUT2D eigenvalue weighted by Gasteiger charge is 2.34. The summed E-state index contributed by atoms with van der Waals surface area (Å²) in [5, 5.41) is 0. The Labute approximate surface area is 108 Å². The van der Waals surface area contributed by atoms with Gasteiger partial charge in [0.05, 0.1) is 0 Å². The molecule has 0 atom stereocenters. The molecular formula is C10H7ClF6O2. The van der Waals surface area contributed by atoms with Gasteiger partial charge in [0.1, 0.15) is 0 Å². The fourth-order valence-electron chi connectivity index (χ4n) is 1.12. The van der Waals surface area contributed by atoms with Crippen molar-refractivity contribution in [1.29, 1.82) is 0 Å². The first-order valence-corrected chi connectivity index (χ1v) is 5.28. The summed E-state index contributed by atoms with van der Waals surface area (Å²) < 4.78 is 80.0. The van der Waals surface area contributed by atoms with Crippen molar-refractivity contribution in [2.45, 2.75) is 18.4 Å². The van der Waals surface area contributed by atoms with Gasteiger partial charge in [-0.2, -0.15) is 13.2 Å². The van der Waals surface area contributed by atoms with E-state index in [1.807, 2.05) is 0 Å². The summed E-state index contributed by atoms with van der Waals surface area (Å²) in [6.45, 7) is -1.72. The Bertz CT molecular complexity index is 429. The lowest BCUT2D eigenvalue weighted by Crippen LogP contribution is -2.21. The highest BCUT2D eigenvalue weighted by Crippen LogP contribution is 2.34. The van der Waals surface area contributed by atoms with Gasteiger partial charge in [0, 0.05) is 5.88 Å². The van der Waals surface area contributed by atoms with Crippen LogP contribution in [-0.2, 0) is 5.88 Å². The Morgan fingerprint density at radius 2 is 1.63 bits per heavy atom. The standard InChI is InChI=1S/C10H7ClF6O2/c11-4-6-1-2-7(18-5-9(12,13)14)8(3-6)19-10(15,16)17/h1-3H,4-5H2. The summed E-state index contributed by atoms with van der Waals surface area (Å²) in [5.41, 5.74) is 0.250. The molecule has 108 valence electrons. The molecule has 2 nitrogen and oxygen atoms in total. The largest absolute Gasteiger partial charge is 0.573 e. The number of hydrogen-bond acceptors (Lipinski definition) is 2. The Morgan fingerprint density at radius 1 is 1.00 bits per heavy atom. The van der Waals surface area contributed by atoms with E-state index in [2.05, 4.69) is 9.47 Å². The minimum absolute atomic E-state index is 0.117. The predicted molar refractivity (Wildman–Crippen MR) is 54.2 cm³/mol. The quantitative estimate of drug-likeness (QED) is 0.611. The van der Waals surface area contributed by atoms with Crippen LogP contribution in [0, 0.1) is 0 Å². The van der Waals surface area contributed by atoms with Crippen molar-refractivity contribution >= 4 is 11.6 Å². The van der Waals surface area contributed by atoms with Gasteiger partial charge in [0.15, 0.2) is 18.1 Å². The van der Waals surface area contributed by atoms with Crippen LogP contribution in [0.5, 0.6) is 11.5 Å². The molecule has 0 unspecified atom stereocenters. The van der Waals surface area contributed by atoms with E-state index in [1.54, 1.807) is 0 Å². The summed E-state index contributed by atoms with van der Waals surface area (Å²) >= 11 is 5.41. The smallest absolute Gasteiger partial charge is 0.480 e. The first-order valence-electron chi connectivity index (χ1n) is 4.75. The van der Waals surface area contributed by atoms with Gasteiger partial charge >= 0.3 is 12.5 Å². The van der Waals surface area contributed by atoms with Crippen LogP contribution in [0.4, 0.5) is 26.3 Å². The molecule has 0 heterocycles. The monoisotopic (exact) mass is 308 g/mol. The number of ether oxygens (including phenoxy) is 2. The average Bonchev–Trinajstić information content (AvgIpc) is 2.24. The van der Waals surface area contributed by atoms with Crippen LogP contribution in [0.2, 0.25) is 0 Å². The van der Waals surface area contributed by atoms with Crippen LogP contribution in [0.3, 0.4) is 0 Å². The van der Waals surface area contributed by atoms with Crippen molar-refractivity contribution in [2.75, 3.05) is 6.61 Å². The molecule has 1 aromatic carbocycles. The number of alkyl halides is 7. The molecule has 0 aliphatic carbocycles. The number of benzene rings is 1. The zero-order valence-electron chi connectivity index (χ0n) is 9.11. The second-order valence-corrected chi connectivity index (χ2v) is 3.63. The van der Waals surface area contributed by atoms with Gasteiger partial charge in [-0.1, -0.05) is 6.07 Å². The van der Waals surface area contributed by atoms with E-state index in [0.29, 0.717) is 0 Å². The Hall–Kier alpha value is -1.31. The lowest BCUT2D eigenvalue weighted by Gasteiger charge is -2.15. The van der Waals surface area contributed by atoms with Crippen molar-refractivity contribution < 1.29 is 35.8 Å². The molecular weight excluding hydrogens is 302 g/mol. The van der Waals surface area contributed by atoms with Crippen molar-refractivity contribution in [3.8, 4) is 11.5 Å². The molecule has 0 N–H and O–H groups in total. The van der Waals surface area contributed by atoms with E-state index in [1.165, 1.54) is 6.07 Å². The number of rotatable bonds is 4. The van der Waals surface area contributed by atoms with Crippen LogP contribution in [-0.4, -0.2) is 19.1 Å². The van der Waals surface area contributed by atoms with E-state index < -0.39 is 30.6 Å². The van der Waals surface area contributed by atoms with E-state index in [0.717, 1.165) is 12.1 Å². The second kappa shape index (κ2) is 5.77. The molecule has 1 rings (SSSR count). The molecule has 0 fully saturated rings. The van der Waals surface area contributed by atoms with E-state index in [9.17, 15) is 26.3 Å². The van der Waals surface area contributed by atoms with Crippen LogP contribution in [0.25, 0.3) is 0 Å². The maximum Gasteiger partial charge on any atom is 0.573 e. The third-order valence-electron chi connectivity index (χ3n) is 1.78. The van der Waals surface area contributed by atoms with Crippen molar-refractivity contribution in [2.24, 2.45) is 0 Å². The van der Waals surface area contributed by atoms with Crippen molar-refractivity contribution in [3.05, 3.63) is 23.8 Å². The summed E-state index contributed by atoms with van der Waals surface area (Å²) in [7, 11) is 0. The first-order chi connectivity index (χ1) is 8.61. The molecule has 0 amide bonds. The van der Waals surface area contributed by atoms with E-state index in [4.69, 9.17) is 11.6 Å². The molecule has 0 saturated carbocycles. The van der Waals surface area contributed by atoms with Crippen molar-refractivity contribution in [1.82, 2.24) is 0 Å². The third-order valence-corrected chi connectivity index (χ3v) is 2.09. The second-order valence-electron chi connectivity index (χ2n) is 3.37. The summed E-state index contributed by atoms with van der Waals surface area (Å²) in [6.07, 6.45) is -9.71. The highest BCUT2D eigenvalue weighted by atomic mass is 35.5. The lowest BCUT2D eigenvalue weighted by molar-refractivity contribution is -0.275. The van der Waals surface area contributed by atoms with Gasteiger partial charge in [-0.25, -0.2) is 0 Å². The maximum absolute atomic E-state index is 12.1. The van der Waals surface area contributed by atoms with Crippen LogP contribution >= 0.6 is 11.6 Å². The molecule has 0 aromatic heterocycles. The van der Waals surface area contributed by atoms with E-state index in [-0.39, 0.29) is 11.4 Å². The molecule has 0 aliphatic rings. The van der Waals surface area contributed by atoms with E-state index >= 15 is 0 Å². The Morgan fingerprint density at radius 3 is 2.11 bits per heavy atom. The Kier molecular flexibility index (Phi) is 4.78. The molecule has 19 heavy (non-hydrogen) atoms. The molecule has 0 bridgehead atoms. The zero-order chi connectivity index (χ0) is 14.7. The average molecular weight is 309 g/mol. The van der Waals surface area contributed by atoms with Gasteiger partial charge in [-0.15, -0.1) is 24.8 Å². The summed E-state index contributed by atoms with van der Waals surface area (Å²) in [4.78, 5) is 0. The molecule has 0 saturated heterocycles. The molecule has 0 aliphatic heterocycles. The van der Waals surface area contributed by atoms with Gasteiger partial charge in [0.2, 0.25) is 0 Å². The van der Waals surface area contributed by atoms with Crippen LogP contribution < -0.4 is 9.47 Å². The van der Waals surface area contributed by atoms with Gasteiger partial charge < -0.3 is 9.47 Å². The molecule has 0 radical (unpaired) electrons. The van der Waals surface area contributed by atoms with Gasteiger partial charge in [-0.3, -0.25) is 0 Å². The maximum atomic E-state index is 12.1. The van der Waals surface area contributed by atoms with Gasteiger partial charge in [-0.05, 0) is 17.7 Å². The minimum atomic E-state index is -5.04. The number of halogens is 7. The summed E-state index contributed by atoms with van der Waals surface area (Å²) in [6, 6.07) is 3.04. The molecule has 1 aromatic rings. The zero-order valence-corrected chi connectivity index (χ0v) is 9.86. The van der Waals surface area contributed by atoms with Crippen molar-refractivity contribution in [3.63, 3.8) is 0 Å². The normalized spacial score (nSPS) is 12.4. The minimum Gasteiger partial charge on any atom is -0.480 e. The fourth-order valence-corrected chi connectivity index (χ4v) is 1.29. The topological polar surface area (TPSA) is 18.5 Å². The summed E-state index contributed by atoms with van der Waals surface area (Å²) in [5.74, 6) is -1.65. The van der Waals surface area contributed by atoms with Crippen LogP contribution in [0.1, 0.15) is 5.56 Å². The number of hydrogen-bond donors (Lipinski definition) is 0. The van der Waals surface area contributed by atoms with Crippen LogP contribution in [0.15, 0.2) is 18.2 Å². The fraction of sp³-hybridized carbons (Fsp3) is 0.400. The lowest BCUT2D eigenvalue weighted by atomic mass is 10.2. The first kappa shape index (κ1) is 15.7. The SMILES string of the molecule is FC(F)(F)COc1ccc(CCl)cc1OC(F)(F)F. The Balaban J connectivity index is 2.95. The van der Waals surface area contributed by atoms with Gasteiger partial charge in [0.25, 0.3) is 0 Å². The predicted octanol–water partition coefficient (Wildman–Crippen LogP) is 4.27. The molecule has 9 heteroatoms. The molecule has 0 spiro atoms.